The van der Waals surface area contributed by atoms with Crippen molar-refractivity contribution in [2.45, 2.75) is 37.5 Å². The molecule has 11 heteroatoms. The van der Waals surface area contributed by atoms with E-state index in [4.69, 9.17) is 18.9 Å². The first kappa shape index (κ1) is 27.6. The van der Waals surface area contributed by atoms with Gasteiger partial charge in [-0.25, -0.2) is 14.4 Å². The average Bonchev–Trinajstić information content (AvgIpc) is 3.68. The summed E-state index contributed by atoms with van der Waals surface area (Å²) in [5.74, 6) is 0.799. The van der Waals surface area contributed by atoms with Crippen LogP contribution in [0.3, 0.4) is 0 Å². The summed E-state index contributed by atoms with van der Waals surface area (Å²) in [6.07, 6.45) is 6.08. The van der Waals surface area contributed by atoms with Gasteiger partial charge < -0.3 is 28.9 Å². The van der Waals surface area contributed by atoms with E-state index in [-0.39, 0.29) is 37.1 Å². The van der Waals surface area contributed by atoms with Crippen molar-refractivity contribution in [2.24, 2.45) is 0 Å². The summed E-state index contributed by atoms with van der Waals surface area (Å²) in [5.41, 5.74) is 3.21. The van der Waals surface area contributed by atoms with E-state index in [2.05, 4.69) is 19.9 Å². The SMILES string of the molecule is CO[C@H]1C[C@H](NC(=O)c2cc(F)ccn2)C[C@H](n2c(-c3ccccc3OCCO)nc3ccc(-c4ncco4)cc32)C1. The third kappa shape index (κ3) is 5.61. The number of nitrogens with one attached hydrogen (secondary N) is 1. The topological polar surface area (TPSA) is 125 Å². The lowest BCUT2D eigenvalue weighted by Gasteiger charge is -2.36. The van der Waals surface area contributed by atoms with Gasteiger partial charge in [-0.2, -0.15) is 0 Å². The van der Waals surface area contributed by atoms with Gasteiger partial charge in [0, 0.05) is 37.0 Å². The standard InChI is InChI=1S/C31H30FN5O5/c1-40-23-17-21(35-30(39)26-15-20(32)8-9-33-26)16-22(18-23)37-27-14-19(31-34-10-12-42-31)6-7-25(27)36-29(37)24-4-2-3-5-28(24)41-13-11-38/h2-10,12,14-15,21-23,38H,11,13,16-18H2,1H3,(H,35,39)/t21-,22+,23+/m1/s1. The summed E-state index contributed by atoms with van der Waals surface area (Å²) < 4.78 is 33.2. The zero-order valence-corrected chi connectivity index (χ0v) is 22.9. The zero-order chi connectivity index (χ0) is 29.1. The first-order valence-corrected chi connectivity index (χ1v) is 13.7. The number of pyridine rings is 1. The van der Waals surface area contributed by atoms with Crippen molar-refractivity contribution in [2.75, 3.05) is 20.3 Å². The fourth-order valence-electron chi connectivity index (χ4n) is 5.63. The number of benzene rings is 2. The van der Waals surface area contributed by atoms with Gasteiger partial charge in [0.1, 0.15) is 36.0 Å². The van der Waals surface area contributed by atoms with Crippen LogP contribution in [0.1, 0.15) is 35.8 Å². The van der Waals surface area contributed by atoms with Crippen LogP contribution in [0.2, 0.25) is 0 Å². The Hall–Kier alpha value is -4.61. The number of aliphatic hydroxyl groups excluding tert-OH is 1. The molecule has 5 aromatic rings. The van der Waals surface area contributed by atoms with Gasteiger partial charge in [-0.3, -0.25) is 9.78 Å². The Morgan fingerprint density at radius 2 is 2.00 bits per heavy atom. The first-order valence-electron chi connectivity index (χ1n) is 13.7. The predicted octanol–water partition coefficient (Wildman–Crippen LogP) is 4.80. The van der Waals surface area contributed by atoms with Crippen molar-refractivity contribution in [3.63, 3.8) is 0 Å². The molecule has 2 aromatic carbocycles. The largest absolute Gasteiger partial charge is 0.490 e. The summed E-state index contributed by atoms with van der Waals surface area (Å²) >= 11 is 0. The molecule has 1 aliphatic carbocycles. The van der Waals surface area contributed by atoms with Crippen molar-refractivity contribution in [1.82, 2.24) is 24.8 Å². The Morgan fingerprint density at radius 3 is 2.79 bits per heavy atom. The quantitative estimate of drug-likeness (QED) is 0.259. The van der Waals surface area contributed by atoms with Crippen LogP contribution in [0.5, 0.6) is 5.75 Å². The van der Waals surface area contributed by atoms with E-state index >= 15 is 0 Å². The summed E-state index contributed by atoms with van der Waals surface area (Å²) in [5, 5.41) is 12.4. The van der Waals surface area contributed by atoms with Gasteiger partial charge in [0.25, 0.3) is 5.91 Å². The zero-order valence-electron chi connectivity index (χ0n) is 22.9. The number of hydrogen-bond acceptors (Lipinski definition) is 8. The van der Waals surface area contributed by atoms with E-state index in [1.54, 1.807) is 13.3 Å². The molecule has 3 heterocycles. The number of halogens is 1. The number of carbonyl (C=O) groups excluding carboxylic acids is 1. The van der Waals surface area contributed by atoms with E-state index in [0.717, 1.165) is 28.2 Å². The Morgan fingerprint density at radius 1 is 1.12 bits per heavy atom. The summed E-state index contributed by atoms with van der Waals surface area (Å²) in [7, 11) is 1.66. The Bertz CT molecular complexity index is 1690. The smallest absolute Gasteiger partial charge is 0.270 e. The molecule has 3 atom stereocenters. The van der Waals surface area contributed by atoms with Gasteiger partial charge in [-0.15, -0.1) is 0 Å². The average molecular weight is 572 g/mol. The lowest BCUT2D eigenvalue weighted by Crippen LogP contribution is -2.43. The number of oxazole rings is 1. The lowest BCUT2D eigenvalue weighted by molar-refractivity contribution is 0.0397. The fraction of sp³-hybridized carbons (Fsp3) is 0.290. The number of aromatic nitrogens is 4. The van der Waals surface area contributed by atoms with Crippen LogP contribution in [0.25, 0.3) is 33.9 Å². The van der Waals surface area contributed by atoms with E-state index in [1.807, 2.05) is 42.5 Å². The summed E-state index contributed by atoms with van der Waals surface area (Å²) in [6, 6.07) is 15.3. The van der Waals surface area contributed by atoms with Crippen LogP contribution in [-0.4, -0.2) is 63.0 Å². The minimum absolute atomic E-state index is 0.0189. The third-order valence-electron chi connectivity index (χ3n) is 7.47. The highest BCUT2D eigenvalue weighted by Gasteiger charge is 2.34. The summed E-state index contributed by atoms with van der Waals surface area (Å²) in [6.45, 7) is 0.0207. The molecule has 0 radical (unpaired) electrons. The molecule has 10 nitrogen and oxygen atoms in total. The normalized spacial score (nSPS) is 18.7. The molecule has 2 N–H and O–H groups in total. The van der Waals surface area contributed by atoms with Crippen LogP contribution in [0, 0.1) is 5.82 Å². The molecule has 216 valence electrons. The second-order valence-electron chi connectivity index (χ2n) is 10.2. The number of hydrogen-bond donors (Lipinski definition) is 2. The molecular weight excluding hydrogens is 541 g/mol. The van der Waals surface area contributed by atoms with Gasteiger partial charge in [0.05, 0.1) is 35.5 Å². The third-order valence-corrected chi connectivity index (χ3v) is 7.47. The number of para-hydroxylation sites is 1. The second kappa shape index (κ2) is 12.1. The van der Waals surface area contributed by atoms with Crippen LogP contribution in [0.4, 0.5) is 4.39 Å². The fourth-order valence-corrected chi connectivity index (χ4v) is 5.63. The molecule has 0 aliphatic heterocycles. The van der Waals surface area contributed by atoms with Crippen molar-refractivity contribution in [3.8, 4) is 28.6 Å². The number of aliphatic hydroxyl groups is 1. The Balaban J connectivity index is 1.43. The monoisotopic (exact) mass is 571 g/mol. The van der Waals surface area contributed by atoms with Gasteiger partial charge >= 0.3 is 0 Å². The predicted molar refractivity (Wildman–Crippen MR) is 152 cm³/mol. The van der Waals surface area contributed by atoms with E-state index in [9.17, 15) is 14.3 Å². The number of imidazole rings is 1. The van der Waals surface area contributed by atoms with E-state index in [1.165, 1.54) is 18.5 Å². The van der Waals surface area contributed by atoms with Crippen molar-refractivity contribution >= 4 is 16.9 Å². The summed E-state index contributed by atoms with van der Waals surface area (Å²) in [4.78, 5) is 26.4. The number of fused-ring (bicyclic) bond motifs is 1. The molecule has 0 saturated heterocycles. The van der Waals surface area contributed by atoms with Gasteiger partial charge in [0.15, 0.2) is 0 Å². The molecule has 0 bridgehead atoms. The highest BCUT2D eigenvalue weighted by Crippen LogP contribution is 2.40. The highest BCUT2D eigenvalue weighted by atomic mass is 19.1. The molecule has 6 rings (SSSR count). The van der Waals surface area contributed by atoms with Crippen molar-refractivity contribution in [1.29, 1.82) is 0 Å². The van der Waals surface area contributed by atoms with Crippen LogP contribution >= 0.6 is 0 Å². The number of carbonyl (C=O) groups is 1. The van der Waals surface area contributed by atoms with E-state index in [0.29, 0.717) is 36.7 Å². The maximum Gasteiger partial charge on any atom is 0.270 e. The Kier molecular flexibility index (Phi) is 7.93. The van der Waals surface area contributed by atoms with Gasteiger partial charge in [0.2, 0.25) is 5.89 Å². The first-order chi connectivity index (χ1) is 20.5. The molecule has 3 aromatic heterocycles. The molecular formula is C31H30FN5O5. The molecule has 1 amide bonds. The molecule has 0 spiro atoms. The maximum absolute atomic E-state index is 13.8. The highest BCUT2D eigenvalue weighted by molar-refractivity contribution is 5.92. The van der Waals surface area contributed by atoms with Crippen LogP contribution in [0.15, 0.2) is 77.7 Å². The molecule has 1 fully saturated rings. The lowest BCUT2D eigenvalue weighted by atomic mass is 9.87. The maximum atomic E-state index is 13.8. The number of amides is 1. The van der Waals surface area contributed by atoms with Crippen LogP contribution < -0.4 is 10.1 Å². The molecule has 0 unspecified atom stereocenters. The minimum Gasteiger partial charge on any atom is -0.490 e. The number of nitrogens with zero attached hydrogens (tertiary/aromatic N) is 4. The number of ether oxygens (including phenoxy) is 2. The van der Waals surface area contributed by atoms with E-state index < -0.39 is 11.7 Å². The minimum atomic E-state index is -0.523. The Labute approximate surface area is 241 Å². The van der Waals surface area contributed by atoms with Gasteiger partial charge in [-0.1, -0.05) is 12.1 Å². The molecule has 42 heavy (non-hydrogen) atoms. The number of methoxy groups -OCH3 is 1. The van der Waals surface area contributed by atoms with Crippen molar-refractivity contribution < 1.29 is 28.2 Å². The van der Waals surface area contributed by atoms with Crippen molar-refractivity contribution in [3.05, 3.63) is 84.8 Å². The van der Waals surface area contributed by atoms with Crippen LogP contribution in [-0.2, 0) is 4.74 Å². The van der Waals surface area contributed by atoms with Gasteiger partial charge in [-0.05, 0) is 55.7 Å². The number of rotatable bonds is 9. The molecule has 1 saturated carbocycles. The second-order valence-corrected chi connectivity index (χ2v) is 10.2. The molecule has 1 aliphatic rings.